The van der Waals surface area contributed by atoms with Crippen LogP contribution in [0.5, 0.6) is 0 Å². The third-order valence-corrected chi connectivity index (χ3v) is 2.52. The molecule has 66 valence electrons. The predicted octanol–water partition coefficient (Wildman–Crippen LogP) is 2.12. The SMILES string of the molecule is CCC(F)C1CCCNCC1. The highest BCUT2D eigenvalue weighted by molar-refractivity contribution is 4.72. The molecule has 2 atom stereocenters. The number of halogens is 1. The number of alkyl halides is 1. The molecule has 0 saturated carbocycles. The molecule has 1 rings (SSSR count). The third-order valence-electron chi connectivity index (χ3n) is 2.52. The molecule has 11 heavy (non-hydrogen) atoms. The number of rotatable bonds is 2. The van der Waals surface area contributed by atoms with Crippen LogP contribution < -0.4 is 5.32 Å². The summed E-state index contributed by atoms with van der Waals surface area (Å²) in [6, 6.07) is 0. The fraction of sp³-hybridized carbons (Fsp3) is 1.00. The first-order valence-electron chi connectivity index (χ1n) is 4.69. The van der Waals surface area contributed by atoms with E-state index < -0.39 is 6.17 Å². The van der Waals surface area contributed by atoms with Gasteiger partial charge in [-0.1, -0.05) is 6.92 Å². The molecule has 1 aliphatic heterocycles. The van der Waals surface area contributed by atoms with Gasteiger partial charge in [0.2, 0.25) is 0 Å². The van der Waals surface area contributed by atoms with Gasteiger partial charge in [0.1, 0.15) is 6.17 Å². The van der Waals surface area contributed by atoms with E-state index in [1.54, 1.807) is 0 Å². The zero-order chi connectivity index (χ0) is 8.10. The van der Waals surface area contributed by atoms with Gasteiger partial charge in [0, 0.05) is 0 Å². The van der Waals surface area contributed by atoms with Crippen molar-refractivity contribution in [3.8, 4) is 0 Å². The van der Waals surface area contributed by atoms with Crippen LogP contribution in [0.15, 0.2) is 0 Å². The summed E-state index contributed by atoms with van der Waals surface area (Å²) in [5.41, 5.74) is 0. The molecule has 0 amide bonds. The second kappa shape index (κ2) is 4.70. The lowest BCUT2D eigenvalue weighted by atomic mass is 9.94. The minimum Gasteiger partial charge on any atom is -0.317 e. The Morgan fingerprint density at radius 1 is 1.45 bits per heavy atom. The highest BCUT2D eigenvalue weighted by Crippen LogP contribution is 2.21. The minimum absolute atomic E-state index is 0.329. The third kappa shape index (κ3) is 2.78. The first kappa shape index (κ1) is 8.98. The smallest absolute Gasteiger partial charge is 0.103 e. The van der Waals surface area contributed by atoms with Crippen molar-refractivity contribution < 1.29 is 4.39 Å². The molecule has 1 heterocycles. The van der Waals surface area contributed by atoms with E-state index in [4.69, 9.17) is 0 Å². The van der Waals surface area contributed by atoms with Gasteiger partial charge in [-0.15, -0.1) is 0 Å². The Balaban J connectivity index is 2.30. The van der Waals surface area contributed by atoms with E-state index in [2.05, 4.69) is 5.32 Å². The van der Waals surface area contributed by atoms with Crippen molar-refractivity contribution in [1.29, 1.82) is 0 Å². The minimum atomic E-state index is -0.560. The van der Waals surface area contributed by atoms with Crippen LogP contribution in [0.2, 0.25) is 0 Å². The lowest BCUT2D eigenvalue weighted by Gasteiger charge is -2.16. The highest BCUT2D eigenvalue weighted by Gasteiger charge is 2.19. The highest BCUT2D eigenvalue weighted by atomic mass is 19.1. The Morgan fingerprint density at radius 2 is 2.27 bits per heavy atom. The lowest BCUT2D eigenvalue weighted by molar-refractivity contribution is 0.205. The molecule has 0 aliphatic carbocycles. The molecular formula is C9H18FN. The van der Waals surface area contributed by atoms with Gasteiger partial charge in [-0.05, 0) is 44.7 Å². The summed E-state index contributed by atoms with van der Waals surface area (Å²) >= 11 is 0. The summed E-state index contributed by atoms with van der Waals surface area (Å²) in [6.07, 6.45) is 3.36. The maximum atomic E-state index is 13.2. The monoisotopic (exact) mass is 159 g/mol. The van der Waals surface area contributed by atoms with Gasteiger partial charge in [-0.3, -0.25) is 0 Å². The molecule has 0 spiro atoms. The van der Waals surface area contributed by atoms with Crippen molar-refractivity contribution >= 4 is 0 Å². The number of hydrogen-bond donors (Lipinski definition) is 1. The van der Waals surface area contributed by atoms with Gasteiger partial charge in [0.15, 0.2) is 0 Å². The maximum Gasteiger partial charge on any atom is 0.103 e. The standard InChI is InChI=1S/C9H18FN/c1-2-9(10)8-4-3-6-11-7-5-8/h8-9,11H,2-7H2,1H3. The van der Waals surface area contributed by atoms with E-state index in [0.29, 0.717) is 12.3 Å². The van der Waals surface area contributed by atoms with E-state index in [-0.39, 0.29) is 0 Å². The molecule has 1 aliphatic rings. The summed E-state index contributed by atoms with van der Waals surface area (Å²) in [7, 11) is 0. The Bertz CT molecular complexity index is 97.7. The van der Waals surface area contributed by atoms with Gasteiger partial charge in [-0.25, -0.2) is 4.39 Å². The van der Waals surface area contributed by atoms with E-state index in [9.17, 15) is 4.39 Å². The zero-order valence-corrected chi connectivity index (χ0v) is 7.28. The normalized spacial score (nSPS) is 29.5. The Morgan fingerprint density at radius 3 is 3.00 bits per heavy atom. The Kier molecular flexibility index (Phi) is 3.84. The van der Waals surface area contributed by atoms with Gasteiger partial charge in [0.25, 0.3) is 0 Å². The second-order valence-electron chi connectivity index (χ2n) is 3.37. The molecule has 1 nitrogen and oxygen atoms in total. The van der Waals surface area contributed by atoms with Crippen LogP contribution in [-0.2, 0) is 0 Å². The van der Waals surface area contributed by atoms with Crippen LogP contribution in [0.4, 0.5) is 4.39 Å². The van der Waals surface area contributed by atoms with Crippen molar-refractivity contribution in [2.45, 2.75) is 38.8 Å². The molecule has 0 bridgehead atoms. The van der Waals surface area contributed by atoms with E-state index >= 15 is 0 Å². The van der Waals surface area contributed by atoms with Crippen molar-refractivity contribution in [3.05, 3.63) is 0 Å². The largest absolute Gasteiger partial charge is 0.317 e. The molecule has 1 fully saturated rings. The molecule has 1 N–H and O–H groups in total. The van der Waals surface area contributed by atoms with Gasteiger partial charge in [0.05, 0.1) is 0 Å². The van der Waals surface area contributed by atoms with E-state index in [0.717, 1.165) is 32.4 Å². The first-order chi connectivity index (χ1) is 5.34. The predicted molar refractivity (Wildman–Crippen MR) is 45.4 cm³/mol. The van der Waals surface area contributed by atoms with Gasteiger partial charge in [-0.2, -0.15) is 0 Å². The Labute approximate surface area is 68.4 Å². The van der Waals surface area contributed by atoms with E-state index in [1.807, 2.05) is 6.92 Å². The summed E-state index contributed by atoms with van der Waals surface area (Å²) in [5.74, 6) is 0.329. The van der Waals surface area contributed by atoms with Crippen molar-refractivity contribution in [1.82, 2.24) is 5.32 Å². The summed E-state index contributed by atoms with van der Waals surface area (Å²) in [4.78, 5) is 0. The van der Waals surface area contributed by atoms with Crippen LogP contribution in [-0.4, -0.2) is 19.3 Å². The van der Waals surface area contributed by atoms with Crippen molar-refractivity contribution in [3.63, 3.8) is 0 Å². The van der Waals surface area contributed by atoms with Crippen LogP contribution in [0.25, 0.3) is 0 Å². The van der Waals surface area contributed by atoms with Crippen molar-refractivity contribution in [2.24, 2.45) is 5.92 Å². The average molecular weight is 159 g/mol. The van der Waals surface area contributed by atoms with Crippen molar-refractivity contribution in [2.75, 3.05) is 13.1 Å². The zero-order valence-electron chi connectivity index (χ0n) is 7.28. The van der Waals surface area contributed by atoms with E-state index in [1.165, 1.54) is 0 Å². The molecule has 0 aromatic carbocycles. The van der Waals surface area contributed by atoms with Crippen LogP contribution in [0, 0.1) is 5.92 Å². The van der Waals surface area contributed by atoms with Crippen LogP contribution >= 0.6 is 0 Å². The summed E-state index contributed by atoms with van der Waals surface area (Å²) < 4.78 is 13.2. The quantitative estimate of drug-likeness (QED) is 0.650. The fourth-order valence-electron chi connectivity index (χ4n) is 1.74. The second-order valence-corrected chi connectivity index (χ2v) is 3.37. The molecule has 0 aromatic heterocycles. The first-order valence-corrected chi connectivity index (χ1v) is 4.69. The molecule has 2 heteroatoms. The average Bonchev–Trinajstić information content (AvgIpc) is 2.30. The molecule has 2 unspecified atom stereocenters. The Hall–Kier alpha value is -0.110. The molecule has 0 aromatic rings. The van der Waals surface area contributed by atoms with Gasteiger partial charge >= 0.3 is 0 Å². The van der Waals surface area contributed by atoms with Gasteiger partial charge < -0.3 is 5.32 Å². The van der Waals surface area contributed by atoms with Crippen LogP contribution in [0.3, 0.4) is 0 Å². The van der Waals surface area contributed by atoms with Crippen LogP contribution in [0.1, 0.15) is 32.6 Å². The lowest BCUT2D eigenvalue weighted by Crippen LogP contribution is -2.18. The number of hydrogen-bond acceptors (Lipinski definition) is 1. The molecule has 1 saturated heterocycles. The topological polar surface area (TPSA) is 12.0 Å². The maximum absolute atomic E-state index is 13.2. The summed E-state index contributed by atoms with van der Waals surface area (Å²) in [6.45, 7) is 4.01. The molecule has 0 radical (unpaired) electrons. The summed E-state index contributed by atoms with van der Waals surface area (Å²) in [5, 5.41) is 3.29. The number of nitrogens with one attached hydrogen (secondary N) is 1. The fourth-order valence-corrected chi connectivity index (χ4v) is 1.74. The molecular weight excluding hydrogens is 141 g/mol.